The molecule has 0 fully saturated rings. The zero-order valence-corrected chi connectivity index (χ0v) is 12.1. The van der Waals surface area contributed by atoms with Gasteiger partial charge in [-0.25, -0.2) is 0 Å². The van der Waals surface area contributed by atoms with Gasteiger partial charge in [0.2, 0.25) is 0 Å². The SMILES string of the molecule is OCCNCCO.[Cl][Sn][c]1ccccc1. The van der Waals surface area contributed by atoms with Crippen LogP contribution in [0, 0.1) is 0 Å². The molecule has 0 amide bonds. The van der Waals surface area contributed by atoms with Gasteiger partial charge in [-0.2, -0.15) is 0 Å². The van der Waals surface area contributed by atoms with Gasteiger partial charge < -0.3 is 15.5 Å². The van der Waals surface area contributed by atoms with Crippen LogP contribution in [0.15, 0.2) is 30.3 Å². The molecule has 0 unspecified atom stereocenters. The van der Waals surface area contributed by atoms with Gasteiger partial charge in [0, 0.05) is 13.1 Å². The first kappa shape index (κ1) is 15.2. The summed E-state index contributed by atoms with van der Waals surface area (Å²) in [6, 6.07) is 10.2. The Kier molecular flexibility index (Phi) is 12.4. The van der Waals surface area contributed by atoms with E-state index in [1.807, 2.05) is 18.2 Å². The molecule has 0 saturated carbocycles. The Balaban J connectivity index is 0.000000265. The molecule has 1 aromatic rings. The van der Waals surface area contributed by atoms with Crippen molar-refractivity contribution in [1.82, 2.24) is 5.32 Å². The summed E-state index contributed by atoms with van der Waals surface area (Å²) >= 11 is -0.671. The molecular formula is C10H16ClNO2Sn. The fourth-order valence-electron chi connectivity index (χ4n) is 0.784. The standard InChI is InChI=1S/C6H5.C4H11NO2.ClH.Sn/c1-2-4-6-5-3-1;6-3-1-5-2-4-7;;/h1-5H;5-7H,1-4H2;1H;/q;;;+1/p-1. The van der Waals surface area contributed by atoms with Crippen molar-refractivity contribution in [3.63, 3.8) is 0 Å². The van der Waals surface area contributed by atoms with Crippen LogP contribution < -0.4 is 8.90 Å². The number of aliphatic hydroxyl groups is 2. The van der Waals surface area contributed by atoms with Crippen molar-refractivity contribution in [2.24, 2.45) is 0 Å². The fraction of sp³-hybridized carbons (Fsp3) is 0.400. The van der Waals surface area contributed by atoms with Crippen LogP contribution in [0.2, 0.25) is 0 Å². The van der Waals surface area contributed by atoms with Crippen LogP contribution in [0.1, 0.15) is 0 Å². The van der Waals surface area contributed by atoms with Crippen molar-refractivity contribution in [2.45, 2.75) is 0 Å². The summed E-state index contributed by atoms with van der Waals surface area (Å²) in [4.78, 5) is 0. The average Bonchev–Trinajstić information content (AvgIpc) is 2.32. The predicted molar refractivity (Wildman–Crippen MR) is 64.7 cm³/mol. The van der Waals surface area contributed by atoms with E-state index >= 15 is 0 Å². The molecule has 2 radical (unpaired) electrons. The summed E-state index contributed by atoms with van der Waals surface area (Å²) in [6.07, 6.45) is 0. The third-order valence-electron chi connectivity index (χ3n) is 1.46. The molecule has 0 aliphatic heterocycles. The first-order chi connectivity index (χ1) is 7.35. The van der Waals surface area contributed by atoms with Gasteiger partial charge >= 0.3 is 62.8 Å². The van der Waals surface area contributed by atoms with E-state index in [2.05, 4.69) is 17.4 Å². The molecule has 0 atom stereocenters. The van der Waals surface area contributed by atoms with Crippen LogP contribution in [-0.4, -0.2) is 56.5 Å². The molecular weight excluding hydrogens is 320 g/mol. The van der Waals surface area contributed by atoms with Gasteiger partial charge in [-0.15, -0.1) is 0 Å². The van der Waals surface area contributed by atoms with Crippen molar-refractivity contribution in [3.8, 4) is 0 Å². The number of rotatable bonds is 5. The molecule has 3 N–H and O–H groups in total. The Labute approximate surface area is 104 Å². The normalized spacial score (nSPS) is 9.27. The molecule has 15 heavy (non-hydrogen) atoms. The Morgan fingerprint density at radius 2 is 1.60 bits per heavy atom. The van der Waals surface area contributed by atoms with Crippen molar-refractivity contribution < 1.29 is 10.2 Å². The molecule has 3 nitrogen and oxygen atoms in total. The zero-order valence-electron chi connectivity index (χ0n) is 8.49. The van der Waals surface area contributed by atoms with Crippen LogP contribution in [-0.2, 0) is 0 Å². The first-order valence-electron chi connectivity index (χ1n) is 4.69. The zero-order chi connectivity index (χ0) is 11.4. The number of halogens is 1. The van der Waals surface area contributed by atoms with Crippen LogP contribution >= 0.6 is 8.92 Å². The van der Waals surface area contributed by atoms with E-state index in [1.165, 1.54) is 3.58 Å². The van der Waals surface area contributed by atoms with Gasteiger partial charge in [0.25, 0.3) is 0 Å². The van der Waals surface area contributed by atoms with Gasteiger partial charge in [0.15, 0.2) is 0 Å². The second-order valence-corrected chi connectivity index (χ2v) is 6.11. The molecule has 84 valence electrons. The van der Waals surface area contributed by atoms with E-state index in [4.69, 9.17) is 19.1 Å². The number of aliphatic hydroxyl groups excluding tert-OH is 2. The molecule has 0 aliphatic carbocycles. The van der Waals surface area contributed by atoms with Crippen molar-refractivity contribution in [1.29, 1.82) is 0 Å². The van der Waals surface area contributed by atoms with Gasteiger partial charge in [0.05, 0.1) is 13.2 Å². The topological polar surface area (TPSA) is 52.5 Å². The Hall–Kier alpha value is 0.189. The molecule has 5 heteroatoms. The molecule has 0 saturated heterocycles. The summed E-state index contributed by atoms with van der Waals surface area (Å²) < 4.78 is 1.35. The first-order valence-corrected chi connectivity index (χ1v) is 9.73. The van der Waals surface area contributed by atoms with Crippen LogP contribution in [0.4, 0.5) is 0 Å². The fourth-order valence-corrected chi connectivity index (χ4v) is 2.54. The van der Waals surface area contributed by atoms with E-state index in [0.717, 1.165) is 0 Å². The second-order valence-electron chi connectivity index (χ2n) is 2.66. The third kappa shape index (κ3) is 10.5. The monoisotopic (exact) mass is 337 g/mol. The minimum atomic E-state index is -0.671. The molecule has 0 heterocycles. The summed E-state index contributed by atoms with van der Waals surface area (Å²) in [7, 11) is 5.70. The van der Waals surface area contributed by atoms with Crippen molar-refractivity contribution >= 4 is 32.5 Å². The van der Waals surface area contributed by atoms with Gasteiger partial charge in [-0.1, -0.05) is 0 Å². The Bertz CT molecular complexity index is 220. The van der Waals surface area contributed by atoms with Crippen molar-refractivity contribution in [2.75, 3.05) is 26.3 Å². The van der Waals surface area contributed by atoms with E-state index < -0.39 is 20.0 Å². The summed E-state index contributed by atoms with van der Waals surface area (Å²) in [5.41, 5.74) is 0. The minimum absolute atomic E-state index is 0.139. The van der Waals surface area contributed by atoms with E-state index in [-0.39, 0.29) is 13.2 Å². The molecule has 0 bridgehead atoms. The van der Waals surface area contributed by atoms with Gasteiger partial charge in [-0.05, 0) is 0 Å². The number of hydrogen-bond donors (Lipinski definition) is 3. The van der Waals surface area contributed by atoms with Crippen LogP contribution in [0.25, 0.3) is 0 Å². The number of nitrogens with one attached hydrogen (secondary N) is 1. The molecule has 0 aromatic heterocycles. The Morgan fingerprint density at radius 1 is 1.07 bits per heavy atom. The summed E-state index contributed by atoms with van der Waals surface area (Å²) in [6.45, 7) is 1.42. The van der Waals surface area contributed by atoms with Gasteiger partial charge in [0.1, 0.15) is 0 Å². The van der Waals surface area contributed by atoms with Crippen molar-refractivity contribution in [3.05, 3.63) is 30.3 Å². The summed E-state index contributed by atoms with van der Waals surface area (Å²) in [5.74, 6) is 0. The maximum atomic E-state index is 8.15. The maximum absolute atomic E-state index is 8.15. The van der Waals surface area contributed by atoms with Gasteiger partial charge in [-0.3, -0.25) is 0 Å². The third-order valence-corrected chi connectivity index (χ3v) is 4.50. The molecule has 1 aromatic carbocycles. The predicted octanol–water partition coefficient (Wildman–Crippen LogP) is -0.269. The quantitative estimate of drug-likeness (QED) is 0.513. The summed E-state index contributed by atoms with van der Waals surface area (Å²) in [5, 5.41) is 19.1. The van der Waals surface area contributed by atoms with Crippen LogP contribution in [0.3, 0.4) is 0 Å². The van der Waals surface area contributed by atoms with Crippen LogP contribution in [0.5, 0.6) is 0 Å². The van der Waals surface area contributed by atoms with E-state index in [1.54, 1.807) is 0 Å². The van der Waals surface area contributed by atoms with E-state index in [0.29, 0.717) is 13.1 Å². The molecule has 0 aliphatic rings. The number of benzene rings is 1. The Morgan fingerprint density at radius 3 is 1.93 bits per heavy atom. The number of hydrogen-bond acceptors (Lipinski definition) is 3. The second kappa shape index (κ2) is 12.3. The van der Waals surface area contributed by atoms with E-state index in [9.17, 15) is 0 Å². The molecule has 1 rings (SSSR count). The average molecular weight is 336 g/mol. The molecule has 0 spiro atoms.